The minimum atomic E-state index is -0.0194. The zero-order valence-corrected chi connectivity index (χ0v) is 22.0. The van der Waals surface area contributed by atoms with E-state index in [1.165, 1.54) is 17.7 Å². The highest BCUT2D eigenvalue weighted by Gasteiger charge is 2.43. The molecule has 1 N–H and O–H groups in total. The van der Waals surface area contributed by atoms with Gasteiger partial charge in [0.05, 0.1) is 11.4 Å². The first-order valence-electron chi connectivity index (χ1n) is 13.5. The van der Waals surface area contributed by atoms with E-state index in [9.17, 15) is 4.79 Å². The number of nitrogens with one attached hydrogen (secondary N) is 1. The van der Waals surface area contributed by atoms with Gasteiger partial charge >= 0.3 is 0 Å². The van der Waals surface area contributed by atoms with E-state index in [2.05, 4.69) is 44.9 Å². The van der Waals surface area contributed by atoms with Crippen molar-refractivity contribution in [3.63, 3.8) is 0 Å². The number of carbonyl (C=O) groups is 1. The fourth-order valence-electron chi connectivity index (χ4n) is 6.13. The molecule has 1 amide bonds. The molecule has 2 aromatic rings. The third kappa shape index (κ3) is 4.82. The minimum absolute atomic E-state index is 0.0194. The van der Waals surface area contributed by atoms with Crippen LogP contribution in [0, 0.1) is 37.5 Å². The average molecular weight is 477 g/mol. The van der Waals surface area contributed by atoms with Gasteiger partial charge in [-0.3, -0.25) is 14.9 Å². The Morgan fingerprint density at radius 2 is 1.94 bits per heavy atom. The molecule has 0 bridgehead atoms. The fraction of sp³-hybridized carbons (Fsp3) is 0.621. The number of aryl methyl sites for hydroxylation is 2. The summed E-state index contributed by atoms with van der Waals surface area (Å²) in [6.07, 6.45) is 7.45. The van der Waals surface area contributed by atoms with E-state index >= 15 is 0 Å². The summed E-state index contributed by atoms with van der Waals surface area (Å²) in [7, 11) is 1.91. The zero-order chi connectivity index (χ0) is 24.7. The third-order valence-corrected chi connectivity index (χ3v) is 8.54. The first-order valence-corrected chi connectivity index (χ1v) is 13.5. The molecule has 35 heavy (non-hydrogen) atoms. The van der Waals surface area contributed by atoms with E-state index in [-0.39, 0.29) is 11.8 Å². The van der Waals surface area contributed by atoms with Crippen molar-refractivity contribution in [2.75, 3.05) is 25.2 Å². The monoisotopic (exact) mass is 476 g/mol. The van der Waals surface area contributed by atoms with Crippen LogP contribution in [0.25, 0.3) is 0 Å². The summed E-state index contributed by atoms with van der Waals surface area (Å²) in [5, 5.41) is 8.07. The number of anilines is 1. The maximum Gasteiger partial charge on any atom is 0.229 e. The summed E-state index contributed by atoms with van der Waals surface area (Å²) in [6, 6.07) is 4.26. The van der Waals surface area contributed by atoms with Crippen LogP contribution in [0.2, 0.25) is 0 Å². The second kappa shape index (κ2) is 9.88. The molecule has 3 atom stereocenters. The molecule has 188 valence electrons. The van der Waals surface area contributed by atoms with Crippen molar-refractivity contribution in [1.29, 1.82) is 0 Å². The van der Waals surface area contributed by atoms with Gasteiger partial charge < -0.3 is 9.64 Å². The van der Waals surface area contributed by atoms with E-state index in [0.717, 1.165) is 97.5 Å². The van der Waals surface area contributed by atoms with Gasteiger partial charge in [0, 0.05) is 43.1 Å². The molecule has 2 aliphatic carbocycles. The van der Waals surface area contributed by atoms with Gasteiger partial charge in [0.1, 0.15) is 5.69 Å². The van der Waals surface area contributed by atoms with Gasteiger partial charge in [-0.15, -0.1) is 0 Å². The predicted molar refractivity (Wildman–Crippen MR) is 141 cm³/mol. The Kier molecular flexibility index (Phi) is 6.84. The summed E-state index contributed by atoms with van der Waals surface area (Å²) in [5.74, 6) is 2.24. The topological polar surface area (TPSA) is 70.6 Å². The number of hydrogen-bond acceptors (Lipinski definition) is 4. The lowest BCUT2D eigenvalue weighted by molar-refractivity contribution is -0.124. The Labute approximate surface area is 209 Å². The van der Waals surface area contributed by atoms with Crippen LogP contribution in [-0.4, -0.2) is 42.1 Å². The second-order valence-corrected chi connectivity index (χ2v) is 11.1. The van der Waals surface area contributed by atoms with E-state index in [1.54, 1.807) is 0 Å². The predicted octanol–water partition coefficient (Wildman–Crippen LogP) is 5.71. The Morgan fingerprint density at radius 1 is 1.20 bits per heavy atom. The lowest BCUT2D eigenvalue weighted by Crippen LogP contribution is -2.37. The van der Waals surface area contributed by atoms with Gasteiger partial charge in [0.25, 0.3) is 0 Å². The lowest BCUT2D eigenvalue weighted by Gasteiger charge is -2.30. The molecule has 6 nitrogen and oxygen atoms in total. The summed E-state index contributed by atoms with van der Waals surface area (Å²) in [5.41, 5.74) is 8.94. The number of benzene rings is 1. The van der Waals surface area contributed by atoms with Crippen LogP contribution in [0.3, 0.4) is 0 Å². The van der Waals surface area contributed by atoms with Crippen molar-refractivity contribution in [1.82, 2.24) is 10.2 Å². The number of H-pyrrole nitrogens is 1. The molecule has 3 aliphatic rings. The highest BCUT2D eigenvalue weighted by Crippen LogP contribution is 2.48. The van der Waals surface area contributed by atoms with Gasteiger partial charge in [-0.25, -0.2) is 0 Å². The first-order chi connectivity index (χ1) is 16.9. The number of carbonyl (C=O) groups excluding carboxylic acids is 1. The van der Waals surface area contributed by atoms with Crippen LogP contribution in [-0.2, 0) is 22.4 Å². The molecular formula is C29H40N4O2. The van der Waals surface area contributed by atoms with Crippen LogP contribution in [0.15, 0.2) is 17.1 Å². The second-order valence-electron chi connectivity index (χ2n) is 11.1. The number of amides is 1. The first kappa shape index (κ1) is 24.2. The quantitative estimate of drug-likeness (QED) is 0.521. The molecule has 6 heteroatoms. The summed E-state index contributed by atoms with van der Waals surface area (Å²) >= 11 is 0. The maximum absolute atomic E-state index is 13.4. The molecule has 1 saturated heterocycles. The van der Waals surface area contributed by atoms with Crippen LogP contribution < -0.4 is 4.90 Å². The number of fused-ring (bicyclic) bond motifs is 2. The Morgan fingerprint density at radius 3 is 2.69 bits per heavy atom. The van der Waals surface area contributed by atoms with Crippen molar-refractivity contribution in [3.05, 3.63) is 40.2 Å². The number of aliphatic imine (C=N–C) groups is 1. The molecule has 1 aromatic carbocycles. The van der Waals surface area contributed by atoms with Crippen molar-refractivity contribution < 1.29 is 9.53 Å². The highest BCUT2D eigenvalue weighted by atomic mass is 16.5. The number of aromatic amines is 1. The molecule has 2 fully saturated rings. The normalized spacial score (nSPS) is 22.9. The number of ether oxygens (including phenoxy) is 1. The van der Waals surface area contributed by atoms with Gasteiger partial charge in [-0.05, 0) is 87.3 Å². The molecule has 0 spiro atoms. The molecule has 0 radical (unpaired) electrons. The molecule has 3 unspecified atom stereocenters. The largest absolute Gasteiger partial charge is 0.381 e. The van der Waals surface area contributed by atoms with Gasteiger partial charge in [0.2, 0.25) is 5.91 Å². The summed E-state index contributed by atoms with van der Waals surface area (Å²) in [4.78, 5) is 20.5. The molecular weight excluding hydrogens is 436 g/mol. The van der Waals surface area contributed by atoms with Gasteiger partial charge in [-0.2, -0.15) is 5.10 Å². The Balaban J connectivity index is 1.45. The summed E-state index contributed by atoms with van der Waals surface area (Å²) in [6.45, 7) is 9.98. The Bertz CT molecular complexity index is 1130. The molecule has 1 aromatic heterocycles. The molecule has 2 heterocycles. The van der Waals surface area contributed by atoms with E-state index in [0.29, 0.717) is 5.92 Å². The average Bonchev–Trinajstić information content (AvgIpc) is 3.51. The van der Waals surface area contributed by atoms with Crippen LogP contribution in [0.4, 0.5) is 11.4 Å². The number of hydrogen-bond donors (Lipinski definition) is 1. The van der Waals surface area contributed by atoms with Crippen LogP contribution in [0.1, 0.15) is 74.0 Å². The fourth-order valence-corrected chi connectivity index (χ4v) is 6.13. The molecule has 5 rings (SSSR count). The Hall–Kier alpha value is -2.47. The van der Waals surface area contributed by atoms with Crippen molar-refractivity contribution in [2.45, 2.75) is 72.6 Å². The van der Waals surface area contributed by atoms with Gasteiger partial charge in [-0.1, -0.05) is 26.3 Å². The number of nitrogens with zero attached hydrogens (tertiary/aromatic N) is 3. The van der Waals surface area contributed by atoms with Gasteiger partial charge in [0.15, 0.2) is 0 Å². The van der Waals surface area contributed by atoms with Crippen molar-refractivity contribution in [2.24, 2.45) is 28.7 Å². The number of aromatic nitrogens is 2. The van der Waals surface area contributed by atoms with Crippen molar-refractivity contribution >= 4 is 23.0 Å². The lowest BCUT2D eigenvalue weighted by atomic mass is 9.86. The number of rotatable bonds is 7. The maximum atomic E-state index is 13.4. The molecule has 1 saturated carbocycles. The van der Waals surface area contributed by atoms with E-state index < -0.39 is 0 Å². The van der Waals surface area contributed by atoms with Crippen molar-refractivity contribution in [3.8, 4) is 0 Å². The standard InChI is InChI=1S/C29H40N4O2/c1-6-7-24(28-23-14-21-13-22(21)15-26(23)31-32-28)30-25-16-27(18(3)12-17(25)2)33(5)29(34)19(4)20-8-10-35-11-9-20/h12,16,19-22H,6-11,13-15H2,1-5H3,(H,31,32). The van der Waals surface area contributed by atoms with E-state index in [4.69, 9.17) is 14.8 Å². The minimum Gasteiger partial charge on any atom is -0.381 e. The zero-order valence-electron chi connectivity index (χ0n) is 22.0. The SMILES string of the molecule is CCCC(=Nc1cc(N(C)C(=O)C(C)C2CCOCC2)c(C)cc1C)c1n[nH]c2c1CC1CC1C2. The third-order valence-electron chi connectivity index (χ3n) is 8.54. The van der Waals surface area contributed by atoms with Crippen LogP contribution in [0.5, 0.6) is 0 Å². The smallest absolute Gasteiger partial charge is 0.229 e. The van der Waals surface area contributed by atoms with E-state index in [1.807, 2.05) is 11.9 Å². The highest BCUT2D eigenvalue weighted by molar-refractivity contribution is 6.02. The van der Waals surface area contributed by atoms with Crippen LogP contribution >= 0.6 is 0 Å². The summed E-state index contributed by atoms with van der Waals surface area (Å²) < 4.78 is 5.51. The molecule has 1 aliphatic heterocycles.